The fourth-order valence-electron chi connectivity index (χ4n) is 2.19. The van der Waals surface area contributed by atoms with Gasteiger partial charge >= 0.3 is 0 Å². The molecule has 0 aliphatic heterocycles. The second kappa shape index (κ2) is 5.46. The van der Waals surface area contributed by atoms with Crippen LogP contribution in [-0.4, -0.2) is 18.6 Å². The summed E-state index contributed by atoms with van der Waals surface area (Å²) in [6.07, 6.45) is 0. The molecule has 2 aromatic carbocycles. The highest BCUT2D eigenvalue weighted by Crippen LogP contribution is 2.31. The second-order valence-corrected chi connectivity index (χ2v) is 6.46. The van der Waals surface area contributed by atoms with Crippen LogP contribution in [0, 0.1) is 0 Å². The van der Waals surface area contributed by atoms with E-state index in [4.69, 9.17) is 4.74 Å². The summed E-state index contributed by atoms with van der Waals surface area (Å²) in [5, 5.41) is 2.57. The van der Waals surface area contributed by atoms with Crippen molar-refractivity contribution in [2.45, 2.75) is 18.7 Å². The molecule has 0 unspecified atom stereocenters. The van der Waals surface area contributed by atoms with Crippen LogP contribution >= 0.6 is 0 Å². The monoisotopic (exact) mass is 247 g/mol. The smallest absolute Gasteiger partial charge is 0.162 e. The molecule has 2 heteroatoms. The van der Waals surface area contributed by atoms with E-state index in [1.807, 2.05) is 0 Å². The van der Waals surface area contributed by atoms with Crippen molar-refractivity contribution in [1.82, 2.24) is 0 Å². The SMILES string of the molecule is CC[S+](CC)c1ccc(OC)c2ccccc12. The lowest BCUT2D eigenvalue weighted by atomic mass is 10.1. The standard InChI is InChI=1S/C15H19OS/c1-4-17(5-2)15-11-10-14(16-3)12-8-6-7-9-13(12)15/h6-11H,4-5H2,1-3H3/q+1. The zero-order valence-corrected chi connectivity index (χ0v) is 11.5. The Morgan fingerprint density at radius 1 is 0.941 bits per heavy atom. The Morgan fingerprint density at radius 3 is 2.18 bits per heavy atom. The normalized spacial score (nSPS) is 11.1. The molecule has 0 spiro atoms. The Hall–Kier alpha value is -1.15. The van der Waals surface area contributed by atoms with Crippen molar-refractivity contribution in [3.8, 4) is 5.75 Å². The molecule has 2 rings (SSSR count). The van der Waals surface area contributed by atoms with Crippen molar-refractivity contribution < 1.29 is 4.74 Å². The summed E-state index contributed by atoms with van der Waals surface area (Å²) in [7, 11) is 2.09. The topological polar surface area (TPSA) is 9.23 Å². The minimum Gasteiger partial charge on any atom is -0.496 e. The summed E-state index contributed by atoms with van der Waals surface area (Å²) < 4.78 is 5.43. The van der Waals surface area contributed by atoms with Gasteiger partial charge in [-0.15, -0.1) is 0 Å². The first-order valence-corrected chi connectivity index (χ1v) is 7.61. The molecule has 0 aromatic heterocycles. The molecule has 1 nitrogen and oxygen atoms in total. The van der Waals surface area contributed by atoms with Crippen LogP contribution in [0.25, 0.3) is 10.8 Å². The Bertz CT molecular complexity index is 503. The Balaban J connectivity index is 2.66. The van der Waals surface area contributed by atoms with Crippen molar-refractivity contribution in [3.05, 3.63) is 36.4 Å². The van der Waals surface area contributed by atoms with E-state index >= 15 is 0 Å². The average molecular weight is 247 g/mol. The van der Waals surface area contributed by atoms with Gasteiger partial charge in [-0.05, 0) is 32.0 Å². The van der Waals surface area contributed by atoms with Gasteiger partial charge in [-0.2, -0.15) is 0 Å². The van der Waals surface area contributed by atoms with Crippen molar-refractivity contribution >= 4 is 21.7 Å². The molecule has 0 saturated heterocycles. The molecule has 0 fully saturated rings. The van der Waals surface area contributed by atoms with E-state index in [2.05, 4.69) is 50.2 Å². The first-order valence-electron chi connectivity index (χ1n) is 6.05. The first-order chi connectivity index (χ1) is 8.31. The summed E-state index contributed by atoms with van der Waals surface area (Å²) in [5.41, 5.74) is 0. The molecule has 0 amide bonds. The van der Waals surface area contributed by atoms with Gasteiger partial charge in [0.2, 0.25) is 0 Å². The molecule has 90 valence electrons. The van der Waals surface area contributed by atoms with Crippen molar-refractivity contribution in [2.24, 2.45) is 0 Å². The minimum absolute atomic E-state index is 0.358. The molecule has 0 atom stereocenters. The highest BCUT2D eigenvalue weighted by atomic mass is 32.2. The van der Waals surface area contributed by atoms with Crippen LogP contribution in [0.5, 0.6) is 5.75 Å². The highest BCUT2D eigenvalue weighted by Gasteiger charge is 2.20. The van der Waals surface area contributed by atoms with Crippen molar-refractivity contribution in [2.75, 3.05) is 18.6 Å². The van der Waals surface area contributed by atoms with Gasteiger partial charge in [-0.1, -0.05) is 18.2 Å². The maximum atomic E-state index is 5.43. The lowest BCUT2D eigenvalue weighted by Crippen LogP contribution is -2.08. The number of ether oxygens (including phenoxy) is 1. The molecular weight excluding hydrogens is 228 g/mol. The molecule has 0 bridgehead atoms. The van der Waals surface area contributed by atoms with E-state index in [0.717, 1.165) is 5.75 Å². The molecule has 2 aromatic rings. The number of methoxy groups -OCH3 is 1. The van der Waals surface area contributed by atoms with Gasteiger partial charge < -0.3 is 4.74 Å². The van der Waals surface area contributed by atoms with E-state index in [9.17, 15) is 0 Å². The Labute approximate surface area is 106 Å². The molecule has 0 saturated carbocycles. The van der Waals surface area contributed by atoms with Crippen LogP contribution < -0.4 is 4.74 Å². The van der Waals surface area contributed by atoms with E-state index in [1.165, 1.54) is 27.2 Å². The summed E-state index contributed by atoms with van der Waals surface area (Å²) in [4.78, 5) is 1.48. The third-order valence-corrected chi connectivity index (χ3v) is 5.44. The van der Waals surface area contributed by atoms with Gasteiger partial charge in [0.05, 0.1) is 7.11 Å². The highest BCUT2D eigenvalue weighted by molar-refractivity contribution is 7.97. The zero-order chi connectivity index (χ0) is 12.3. The third-order valence-electron chi connectivity index (χ3n) is 3.07. The fourth-order valence-corrected chi connectivity index (χ4v) is 3.97. The van der Waals surface area contributed by atoms with Gasteiger partial charge in [0.25, 0.3) is 0 Å². The molecule has 0 radical (unpaired) electrons. The predicted molar refractivity (Wildman–Crippen MR) is 77.2 cm³/mol. The molecule has 0 heterocycles. The van der Waals surface area contributed by atoms with Crippen LogP contribution in [0.3, 0.4) is 0 Å². The lowest BCUT2D eigenvalue weighted by Gasteiger charge is -2.10. The number of rotatable bonds is 4. The van der Waals surface area contributed by atoms with Crippen LogP contribution in [0.1, 0.15) is 13.8 Å². The summed E-state index contributed by atoms with van der Waals surface area (Å²) in [6.45, 7) is 4.54. The van der Waals surface area contributed by atoms with E-state index in [-0.39, 0.29) is 0 Å². The summed E-state index contributed by atoms with van der Waals surface area (Å²) in [6, 6.07) is 12.9. The molecule has 0 N–H and O–H groups in total. The molecule has 17 heavy (non-hydrogen) atoms. The Kier molecular flexibility index (Phi) is 3.95. The van der Waals surface area contributed by atoms with Crippen LogP contribution in [0.4, 0.5) is 0 Å². The molecule has 0 aliphatic rings. The number of benzene rings is 2. The van der Waals surface area contributed by atoms with E-state index in [0.29, 0.717) is 10.9 Å². The van der Waals surface area contributed by atoms with E-state index < -0.39 is 0 Å². The largest absolute Gasteiger partial charge is 0.496 e. The van der Waals surface area contributed by atoms with Crippen molar-refractivity contribution in [1.29, 1.82) is 0 Å². The summed E-state index contributed by atoms with van der Waals surface area (Å²) in [5.74, 6) is 3.40. The van der Waals surface area contributed by atoms with Crippen LogP contribution in [0.15, 0.2) is 41.3 Å². The molecular formula is C15H19OS+. The van der Waals surface area contributed by atoms with Crippen LogP contribution in [-0.2, 0) is 10.9 Å². The number of hydrogen-bond acceptors (Lipinski definition) is 1. The van der Waals surface area contributed by atoms with Gasteiger partial charge in [0.1, 0.15) is 17.3 Å². The zero-order valence-electron chi connectivity index (χ0n) is 10.7. The Morgan fingerprint density at radius 2 is 1.59 bits per heavy atom. The second-order valence-electron chi connectivity index (χ2n) is 3.88. The number of hydrogen-bond donors (Lipinski definition) is 0. The predicted octanol–water partition coefficient (Wildman–Crippen LogP) is 3.87. The third kappa shape index (κ3) is 2.27. The fraction of sp³-hybridized carbons (Fsp3) is 0.333. The van der Waals surface area contributed by atoms with E-state index in [1.54, 1.807) is 7.11 Å². The molecule has 0 aliphatic carbocycles. The lowest BCUT2D eigenvalue weighted by molar-refractivity contribution is 0.419. The van der Waals surface area contributed by atoms with Gasteiger partial charge in [-0.25, -0.2) is 0 Å². The number of fused-ring (bicyclic) bond motifs is 1. The average Bonchev–Trinajstić information content (AvgIpc) is 2.40. The minimum atomic E-state index is 0.358. The quantitative estimate of drug-likeness (QED) is 0.745. The maximum Gasteiger partial charge on any atom is 0.162 e. The van der Waals surface area contributed by atoms with Gasteiger partial charge in [0, 0.05) is 21.7 Å². The first kappa shape index (κ1) is 12.3. The van der Waals surface area contributed by atoms with Gasteiger partial charge in [-0.3, -0.25) is 0 Å². The summed E-state index contributed by atoms with van der Waals surface area (Å²) >= 11 is 0. The van der Waals surface area contributed by atoms with Crippen LogP contribution in [0.2, 0.25) is 0 Å². The van der Waals surface area contributed by atoms with Gasteiger partial charge in [0.15, 0.2) is 4.90 Å². The van der Waals surface area contributed by atoms with Crippen molar-refractivity contribution in [3.63, 3.8) is 0 Å². The maximum absolute atomic E-state index is 5.43.